The molecule has 1 aromatic carbocycles. The zero-order valence-electron chi connectivity index (χ0n) is 18.3. The number of hydrogen-bond acceptors (Lipinski definition) is 1. The van der Waals surface area contributed by atoms with Crippen LogP contribution in [0, 0.1) is 5.92 Å². The van der Waals surface area contributed by atoms with Gasteiger partial charge >= 0.3 is 0 Å². The molecule has 0 saturated carbocycles. The summed E-state index contributed by atoms with van der Waals surface area (Å²) in [6, 6.07) is 10.8. The Morgan fingerprint density at radius 1 is 0.741 bits per heavy atom. The molecule has 1 rings (SSSR count). The Hall–Kier alpha value is -0.0900. The maximum atomic E-state index is 6.47. The maximum absolute atomic E-state index is 6.47. The van der Waals surface area contributed by atoms with E-state index in [4.69, 9.17) is 5.73 Å². The van der Waals surface area contributed by atoms with Crippen LogP contribution in [-0.2, 0) is 6.42 Å². The normalized spacial score (nSPS) is 12.6. The molecule has 2 heteroatoms. The zero-order valence-corrected chi connectivity index (χ0v) is 20.7. The summed E-state index contributed by atoms with van der Waals surface area (Å²) in [5.41, 5.74) is 7.80. The van der Waals surface area contributed by atoms with E-state index in [1.165, 1.54) is 89.0 Å². The molecule has 1 atom stereocenters. The summed E-state index contributed by atoms with van der Waals surface area (Å²) in [6.07, 6.45) is 19.3. The predicted molar refractivity (Wildman–Crippen MR) is 133 cm³/mol. The molecule has 0 saturated heterocycles. The van der Waals surface area contributed by atoms with Gasteiger partial charge in [0.25, 0.3) is 0 Å². The highest BCUT2D eigenvalue weighted by Crippen LogP contribution is 2.25. The minimum absolute atomic E-state index is 0. The molecule has 0 bridgehead atoms. The van der Waals surface area contributed by atoms with Crippen LogP contribution in [0.5, 0.6) is 0 Å². The number of halogens is 1. The third-order valence-electron chi connectivity index (χ3n) is 5.78. The molecule has 1 unspecified atom stereocenters. The molecule has 0 heterocycles. The second-order valence-corrected chi connectivity index (χ2v) is 8.89. The van der Waals surface area contributed by atoms with Crippen LogP contribution in [0.1, 0.15) is 110 Å². The van der Waals surface area contributed by atoms with E-state index in [0.29, 0.717) is 5.92 Å². The Labute approximate surface area is 187 Å². The van der Waals surface area contributed by atoms with Crippen molar-refractivity contribution in [3.63, 3.8) is 0 Å². The average molecular weight is 488 g/mol. The van der Waals surface area contributed by atoms with Crippen LogP contribution in [0.15, 0.2) is 30.3 Å². The van der Waals surface area contributed by atoms with Gasteiger partial charge in [-0.1, -0.05) is 114 Å². The van der Waals surface area contributed by atoms with E-state index >= 15 is 0 Å². The second kappa shape index (κ2) is 16.8. The van der Waals surface area contributed by atoms with E-state index in [2.05, 4.69) is 51.1 Å². The van der Waals surface area contributed by atoms with Crippen LogP contribution in [0.2, 0.25) is 0 Å². The third kappa shape index (κ3) is 14.5. The van der Waals surface area contributed by atoms with Crippen molar-refractivity contribution >= 4 is 24.0 Å². The van der Waals surface area contributed by atoms with Gasteiger partial charge in [-0.3, -0.25) is 0 Å². The maximum Gasteiger partial charge on any atom is 0.0129 e. The van der Waals surface area contributed by atoms with Crippen molar-refractivity contribution in [2.75, 3.05) is 0 Å². The largest absolute Gasteiger partial charge is 0.325 e. The number of hydrogen-bond donors (Lipinski definition) is 1. The number of nitrogens with two attached hydrogens (primary N) is 1. The first-order chi connectivity index (χ1) is 12.5. The highest BCUT2D eigenvalue weighted by molar-refractivity contribution is 14.0. The highest BCUT2D eigenvalue weighted by atomic mass is 127. The van der Waals surface area contributed by atoms with Crippen molar-refractivity contribution in [3.8, 4) is 0 Å². The highest BCUT2D eigenvalue weighted by Gasteiger charge is 2.24. The molecule has 0 aliphatic carbocycles. The molecule has 0 amide bonds. The first-order valence-corrected chi connectivity index (χ1v) is 11.4. The molecular formula is C25H46IN. The molecular weight excluding hydrogens is 441 g/mol. The standard InChI is InChI=1S/C25H45N.HI/c1-4-5-6-7-8-9-10-11-12-13-14-18-21-24(25(2,3)26)22-23-19-16-15-17-20-23;/h15-17,19-20,24H,4-14,18,21-22,26H2,1-3H3;1H. The van der Waals surface area contributed by atoms with E-state index < -0.39 is 0 Å². The lowest BCUT2D eigenvalue weighted by atomic mass is 9.80. The fourth-order valence-corrected chi connectivity index (χ4v) is 3.87. The molecule has 1 aromatic rings. The Morgan fingerprint density at radius 3 is 1.63 bits per heavy atom. The van der Waals surface area contributed by atoms with Crippen molar-refractivity contribution in [2.45, 2.75) is 116 Å². The molecule has 0 radical (unpaired) electrons. The van der Waals surface area contributed by atoms with Crippen molar-refractivity contribution in [3.05, 3.63) is 35.9 Å². The Bertz CT molecular complexity index is 424. The van der Waals surface area contributed by atoms with E-state index in [1.807, 2.05) is 0 Å². The third-order valence-corrected chi connectivity index (χ3v) is 5.78. The van der Waals surface area contributed by atoms with Crippen LogP contribution in [0.25, 0.3) is 0 Å². The van der Waals surface area contributed by atoms with Gasteiger partial charge in [0.15, 0.2) is 0 Å². The summed E-state index contributed by atoms with van der Waals surface area (Å²) < 4.78 is 0. The van der Waals surface area contributed by atoms with Crippen LogP contribution in [0.4, 0.5) is 0 Å². The van der Waals surface area contributed by atoms with Crippen molar-refractivity contribution < 1.29 is 0 Å². The van der Waals surface area contributed by atoms with Gasteiger partial charge in [0.1, 0.15) is 0 Å². The van der Waals surface area contributed by atoms with Gasteiger partial charge in [0.2, 0.25) is 0 Å². The molecule has 0 aliphatic rings. The topological polar surface area (TPSA) is 26.0 Å². The fourth-order valence-electron chi connectivity index (χ4n) is 3.87. The number of rotatable bonds is 16. The summed E-state index contributed by atoms with van der Waals surface area (Å²) in [6.45, 7) is 6.68. The molecule has 0 fully saturated rings. The minimum atomic E-state index is -0.0897. The van der Waals surface area contributed by atoms with Crippen molar-refractivity contribution in [1.29, 1.82) is 0 Å². The lowest BCUT2D eigenvalue weighted by molar-refractivity contribution is 0.290. The quantitative estimate of drug-likeness (QED) is 0.184. The SMILES string of the molecule is CCCCCCCCCCCCCCC(Cc1ccccc1)C(C)(C)N.I. The molecule has 2 N–H and O–H groups in total. The molecule has 0 spiro atoms. The molecule has 158 valence electrons. The smallest absolute Gasteiger partial charge is 0.0129 e. The van der Waals surface area contributed by atoms with E-state index in [0.717, 1.165) is 6.42 Å². The van der Waals surface area contributed by atoms with Gasteiger partial charge in [-0.15, -0.1) is 24.0 Å². The van der Waals surface area contributed by atoms with Gasteiger partial charge in [-0.25, -0.2) is 0 Å². The van der Waals surface area contributed by atoms with Crippen LogP contribution in [-0.4, -0.2) is 5.54 Å². The van der Waals surface area contributed by atoms with E-state index in [9.17, 15) is 0 Å². The van der Waals surface area contributed by atoms with Crippen LogP contribution < -0.4 is 5.73 Å². The molecule has 0 aliphatic heterocycles. The zero-order chi connectivity index (χ0) is 19.1. The first kappa shape index (κ1) is 26.9. The van der Waals surface area contributed by atoms with Gasteiger partial charge < -0.3 is 5.73 Å². The van der Waals surface area contributed by atoms with Gasteiger partial charge in [0.05, 0.1) is 0 Å². The Kier molecular flexibility index (Phi) is 16.8. The summed E-state index contributed by atoms with van der Waals surface area (Å²) in [7, 11) is 0. The fraction of sp³-hybridized carbons (Fsp3) is 0.760. The van der Waals surface area contributed by atoms with Crippen molar-refractivity contribution in [2.24, 2.45) is 11.7 Å². The lowest BCUT2D eigenvalue weighted by Crippen LogP contribution is -2.42. The van der Waals surface area contributed by atoms with Crippen molar-refractivity contribution in [1.82, 2.24) is 0 Å². The van der Waals surface area contributed by atoms with E-state index in [-0.39, 0.29) is 29.5 Å². The number of benzene rings is 1. The summed E-state index contributed by atoms with van der Waals surface area (Å²) in [5, 5.41) is 0. The summed E-state index contributed by atoms with van der Waals surface area (Å²) >= 11 is 0. The predicted octanol–water partition coefficient (Wildman–Crippen LogP) is 8.29. The average Bonchev–Trinajstić information content (AvgIpc) is 2.61. The monoisotopic (exact) mass is 487 g/mol. The molecule has 27 heavy (non-hydrogen) atoms. The van der Waals surface area contributed by atoms with Gasteiger partial charge in [-0.2, -0.15) is 0 Å². The van der Waals surface area contributed by atoms with Gasteiger partial charge in [-0.05, 0) is 38.2 Å². The lowest BCUT2D eigenvalue weighted by Gasteiger charge is -2.31. The molecule has 1 nitrogen and oxygen atoms in total. The summed E-state index contributed by atoms with van der Waals surface area (Å²) in [4.78, 5) is 0. The molecule has 0 aromatic heterocycles. The second-order valence-electron chi connectivity index (χ2n) is 8.89. The summed E-state index contributed by atoms with van der Waals surface area (Å²) in [5.74, 6) is 0.577. The Balaban J connectivity index is 0.00000676. The van der Waals surface area contributed by atoms with Crippen LogP contribution in [0.3, 0.4) is 0 Å². The van der Waals surface area contributed by atoms with E-state index in [1.54, 1.807) is 0 Å². The Morgan fingerprint density at radius 2 is 1.19 bits per heavy atom. The minimum Gasteiger partial charge on any atom is -0.325 e. The first-order valence-electron chi connectivity index (χ1n) is 11.4. The van der Waals surface area contributed by atoms with Gasteiger partial charge in [0, 0.05) is 5.54 Å². The number of unbranched alkanes of at least 4 members (excludes halogenated alkanes) is 11. The van der Waals surface area contributed by atoms with Crippen LogP contribution >= 0.6 is 24.0 Å².